The Hall–Kier alpha value is -2.16. The van der Waals surface area contributed by atoms with Gasteiger partial charge in [0.1, 0.15) is 5.75 Å². The second kappa shape index (κ2) is 6.14. The van der Waals surface area contributed by atoms with Crippen LogP contribution in [0.3, 0.4) is 0 Å². The third kappa shape index (κ3) is 2.99. The van der Waals surface area contributed by atoms with Gasteiger partial charge in [-0.15, -0.1) is 0 Å². The summed E-state index contributed by atoms with van der Waals surface area (Å²) in [5.74, 6) is 1.48. The van der Waals surface area contributed by atoms with E-state index in [0.717, 1.165) is 23.3 Å². The molecular formula is C16H18O3. The number of phenols is 1. The molecule has 0 aromatic heterocycles. The minimum absolute atomic E-state index is 0.159. The van der Waals surface area contributed by atoms with E-state index >= 15 is 0 Å². The Morgan fingerprint density at radius 2 is 1.79 bits per heavy atom. The van der Waals surface area contributed by atoms with Crippen molar-refractivity contribution in [2.75, 3.05) is 13.7 Å². The zero-order chi connectivity index (χ0) is 13.7. The van der Waals surface area contributed by atoms with Gasteiger partial charge in [0.25, 0.3) is 0 Å². The van der Waals surface area contributed by atoms with Crippen molar-refractivity contribution in [3.8, 4) is 28.4 Å². The molecule has 0 amide bonds. The van der Waals surface area contributed by atoms with Crippen LogP contribution in [0.2, 0.25) is 0 Å². The molecule has 0 unspecified atom stereocenters. The molecule has 0 aliphatic heterocycles. The fourth-order valence-electron chi connectivity index (χ4n) is 1.87. The summed E-state index contributed by atoms with van der Waals surface area (Å²) in [4.78, 5) is 0. The number of ether oxygens (including phenoxy) is 2. The lowest BCUT2D eigenvalue weighted by atomic mass is 10.0. The fourth-order valence-corrected chi connectivity index (χ4v) is 1.87. The third-order valence-corrected chi connectivity index (χ3v) is 2.86. The molecule has 0 bridgehead atoms. The number of hydrogen-bond donors (Lipinski definition) is 1. The largest absolute Gasteiger partial charge is 0.504 e. The second-order valence-electron chi connectivity index (χ2n) is 4.23. The molecule has 0 radical (unpaired) electrons. The maximum atomic E-state index is 10.1. The zero-order valence-corrected chi connectivity index (χ0v) is 11.2. The molecule has 0 heterocycles. The number of rotatable bonds is 5. The van der Waals surface area contributed by atoms with Gasteiger partial charge in [-0.1, -0.05) is 31.2 Å². The predicted molar refractivity (Wildman–Crippen MR) is 75.9 cm³/mol. The van der Waals surface area contributed by atoms with Crippen molar-refractivity contribution in [1.29, 1.82) is 0 Å². The summed E-state index contributed by atoms with van der Waals surface area (Å²) in [6.45, 7) is 2.78. The van der Waals surface area contributed by atoms with Gasteiger partial charge in [0.05, 0.1) is 13.7 Å². The maximum absolute atomic E-state index is 10.1. The van der Waals surface area contributed by atoms with Crippen molar-refractivity contribution in [2.24, 2.45) is 0 Å². The van der Waals surface area contributed by atoms with Crippen LogP contribution in [0.15, 0.2) is 42.5 Å². The summed E-state index contributed by atoms with van der Waals surface area (Å²) in [6.07, 6.45) is 0.985. The molecule has 2 aromatic rings. The van der Waals surface area contributed by atoms with Gasteiger partial charge in [-0.05, 0) is 30.2 Å². The van der Waals surface area contributed by atoms with Crippen LogP contribution in [-0.2, 0) is 0 Å². The second-order valence-corrected chi connectivity index (χ2v) is 4.23. The molecule has 19 heavy (non-hydrogen) atoms. The number of benzene rings is 2. The topological polar surface area (TPSA) is 38.7 Å². The minimum atomic E-state index is 0.159. The quantitative estimate of drug-likeness (QED) is 0.885. The summed E-state index contributed by atoms with van der Waals surface area (Å²) in [7, 11) is 1.54. The van der Waals surface area contributed by atoms with E-state index in [1.54, 1.807) is 13.2 Å². The fraction of sp³-hybridized carbons (Fsp3) is 0.250. The molecule has 0 saturated carbocycles. The lowest BCUT2D eigenvalue weighted by Crippen LogP contribution is -1.94. The van der Waals surface area contributed by atoms with Gasteiger partial charge >= 0.3 is 0 Å². The molecule has 0 aliphatic carbocycles. The Morgan fingerprint density at radius 1 is 1.05 bits per heavy atom. The maximum Gasteiger partial charge on any atom is 0.165 e. The number of para-hydroxylation sites is 1. The van der Waals surface area contributed by atoms with E-state index in [2.05, 4.69) is 6.92 Å². The van der Waals surface area contributed by atoms with E-state index < -0.39 is 0 Å². The third-order valence-electron chi connectivity index (χ3n) is 2.86. The highest BCUT2D eigenvalue weighted by molar-refractivity contribution is 5.73. The summed E-state index contributed by atoms with van der Waals surface area (Å²) < 4.78 is 10.6. The highest BCUT2D eigenvalue weighted by Crippen LogP contribution is 2.37. The first kappa shape index (κ1) is 13.3. The molecule has 0 aliphatic rings. The van der Waals surface area contributed by atoms with Crippen molar-refractivity contribution in [1.82, 2.24) is 0 Å². The highest BCUT2D eigenvalue weighted by atomic mass is 16.5. The molecule has 100 valence electrons. The van der Waals surface area contributed by atoms with E-state index in [1.807, 2.05) is 36.4 Å². The summed E-state index contributed by atoms with van der Waals surface area (Å²) in [5, 5.41) is 10.1. The van der Waals surface area contributed by atoms with Crippen LogP contribution < -0.4 is 9.47 Å². The SMILES string of the molecule is CCCOc1ccc(-c2cccc(OC)c2O)cc1. The predicted octanol–water partition coefficient (Wildman–Crippen LogP) is 3.86. The number of aromatic hydroxyl groups is 1. The Bertz CT molecular complexity index is 532. The standard InChI is InChI=1S/C16H18O3/c1-3-11-19-13-9-7-12(8-10-13)14-5-4-6-15(18-2)16(14)17/h4-10,17H,3,11H2,1-2H3. The van der Waals surface area contributed by atoms with Gasteiger partial charge in [0, 0.05) is 5.56 Å². The normalized spacial score (nSPS) is 10.2. The zero-order valence-electron chi connectivity index (χ0n) is 11.2. The molecule has 2 rings (SSSR count). The molecule has 1 N–H and O–H groups in total. The van der Waals surface area contributed by atoms with E-state index in [4.69, 9.17) is 9.47 Å². The molecule has 0 fully saturated rings. The highest BCUT2D eigenvalue weighted by Gasteiger charge is 2.09. The Labute approximate surface area is 113 Å². The van der Waals surface area contributed by atoms with Gasteiger partial charge in [0.15, 0.2) is 11.5 Å². The van der Waals surface area contributed by atoms with Crippen LogP contribution in [-0.4, -0.2) is 18.8 Å². The van der Waals surface area contributed by atoms with Gasteiger partial charge in [-0.3, -0.25) is 0 Å². The van der Waals surface area contributed by atoms with Crippen LogP contribution in [0.25, 0.3) is 11.1 Å². The molecule has 0 spiro atoms. The van der Waals surface area contributed by atoms with E-state index in [0.29, 0.717) is 12.4 Å². The monoisotopic (exact) mass is 258 g/mol. The van der Waals surface area contributed by atoms with E-state index in [1.165, 1.54) is 0 Å². The van der Waals surface area contributed by atoms with E-state index in [-0.39, 0.29) is 5.75 Å². The van der Waals surface area contributed by atoms with Gasteiger partial charge in [-0.25, -0.2) is 0 Å². The van der Waals surface area contributed by atoms with E-state index in [9.17, 15) is 5.11 Å². The van der Waals surface area contributed by atoms with Crippen LogP contribution >= 0.6 is 0 Å². The average Bonchev–Trinajstić information content (AvgIpc) is 2.46. The lowest BCUT2D eigenvalue weighted by molar-refractivity contribution is 0.317. The minimum Gasteiger partial charge on any atom is -0.504 e. The molecular weight excluding hydrogens is 240 g/mol. The van der Waals surface area contributed by atoms with Crippen molar-refractivity contribution in [3.05, 3.63) is 42.5 Å². The first-order chi connectivity index (χ1) is 9.26. The Kier molecular flexibility index (Phi) is 4.29. The van der Waals surface area contributed by atoms with Crippen LogP contribution in [0.5, 0.6) is 17.2 Å². The van der Waals surface area contributed by atoms with Crippen molar-refractivity contribution < 1.29 is 14.6 Å². The molecule has 0 saturated heterocycles. The average molecular weight is 258 g/mol. The van der Waals surface area contributed by atoms with Crippen molar-refractivity contribution in [2.45, 2.75) is 13.3 Å². The smallest absolute Gasteiger partial charge is 0.165 e. The molecule has 2 aromatic carbocycles. The van der Waals surface area contributed by atoms with Gasteiger partial charge < -0.3 is 14.6 Å². The Balaban J connectivity index is 2.27. The van der Waals surface area contributed by atoms with Gasteiger partial charge in [-0.2, -0.15) is 0 Å². The first-order valence-electron chi connectivity index (χ1n) is 6.35. The van der Waals surface area contributed by atoms with Crippen molar-refractivity contribution in [3.63, 3.8) is 0 Å². The van der Waals surface area contributed by atoms with Crippen LogP contribution in [0.4, 0.5) is 0 Å². The lowest BCUT2D eigenvalue weighted by Gasteiger charge is -2.10. The number of hydrogen-bond acceptors (Lipinski definition) is 3. The number of phenolic OH excluding ortho intramolecular Hbond substituents is 1. The summed E-state index contributed by atoms with van der Waals surface area (Å²) in [5.41, 5.74) is 1.68. The molecule has 3 nitrogen and oxygen atoms in total. The van der Waals surface area contributed by atoms with Gasteiger partial charge in [0.2, 0.25) is 0 Å². The summed E-state index contributed by atoms with van der Waals surface area (Å²) >= 11 is 0. The van der Waals surface area contributed by atoms with Crippen molar-refractivity contribution >= 4 is 0 Å². The first-order valence-corrected chi connectivity index (χ1v) is 6.35. The summed E-state index contributed by atoms with van der Waals surface area (Å²) in [6, 6.07) is 13.1. The van der Waals surface area contributed by atoms with Crippen LogP contribution in [0, 0.1) is 0 Å². The number of methoxy groups -OCH3 is 1. The molecule has 0 atom stereocenters. The Morgan fingerprint density at radius 3 is 2.42 bits per heavy atom. The van der Waals surface area contributed by atoms with Crippen LogP contribution in [0.1, 0.15) is 13.3 Å². The molecule has 3 heteroatoms.